The highest BCUT2D eigenvalue weighted by Crippen LogP contribution is 2.33. The van der Waals surface area contributed by atoms with Crippen molar-refractivity contribution in [1.29, 1.82) is 0 Å². The first kappa shape index (κ1) is 29.5. The molecule has 0 radical (unpaired) electrons. The molecule has 0 aliphatic carbocycles. The second kappa shape index (κ2) is 14.3. The van der Waals surface area contributed by atoms with Gasteiger partial charge in [-0.1, -0.05) is 72.8 Å². The molecule has 1 heterocycles. The molecule has 0 bridgehead atoms. The molecule has 4 aromatic carbocycles. The molecule has 0 saturated carbocycles. The van der Waals surface area contributed by atoms with E-state index in [2.05, 4.69) is 10.2 Å². The van der Waals surface area contributed by atoms with Crippen LogP contribution in [0, 0.1) is 0 Å². The number of rotatable bonds is 11. The van der Waals surface area contributed by atoms with Gasteiger partial charge in [0.05, 0.1) is 37.4 Å². The Hall–Kier alpha value is -4.95. The molecule has 8 heteroatoms. The fourth-order valence-electron chi connectivity index (χ4n) is 5.19. The van der Waals surface area contributed by atoms with E-state index in [1.54, 1.807) is 29.2 Å². The van der Waals surface area contributed by atoms with Crippen LogP contribution in [0.5, 0.6) is 0 Å². The van der Waals surface area contributed by atoms with Gasteiger partial charge >= 0.3 is 5.97 Å². The zero-order valence-electron chi connectivity index (χ0n) is 23.9. The standard InChI is InChI=1S/C35H35N3O5/c39-33(23-26-8-3-1-4-9-26)36-31-24-30(14-15-32(31)37-18-20-43-21-19-37)29-13-7-10-27(22-29)25-38(17-16-34(40)41)35(42)28-11-5-2-6-12-28/h1-15,22,24H,16-21,23,25H2,(H,36,39)(H,40,41). The number of amides is 2. The average Bonchev–Trinajstić information content (AvgIpc) is 3.04. The monoisotopic (exact) mass is 577 g/mol. The Labute approximate surface area is 251 Å². The van der Waals surface area contributed by atoms with Crippen LogP contribution in [0.1, 0.15) is 27.9 Å². The molecule has 0 spiro atoms. The maximum Gasteiger partial charge on any atom is 0.305 e. The van der Waals surface area contributed by atoms with Crippen LogP contribution in [0.2, 0.25) is 0 Å². The maximum absolute atomic E-state index is 13.3. The Kier molecular flexibility index (Phi) is 9.82. The van der Waals surface area contributed by atoms with Crippen LogP contribution in [-0.4, -0.2) is 60.6 Å². The zero-order valence-corrected chi connectivity index (χ0v) is 23.9. The lowest BCUT2D eigenvalue weighted by Crippen LogP contribution is -2.36. The van der Waals surface area contributed by atoms with Gasteiger partial charge in [-0.3, -0.25) is 14.4 Å². The summed E-state index contributed by atoms with van der Waals surface area (Å²) in [5, 5.41) is 12.4. The number of benzene rings is 4. The first-order chi connectivity index (χ1) is 21.0. The molecule has 1 aliphatic heterocycles. The number of carboxylic acid groups (broad SMARTS) is 1. The number of ether oxygens (including phenoxy) is 1. The van der Waals surface area contributed by atoms with E-state index < -0.39 is 5.97 Å². The number of hydrogen-bond donors (Lipinski definition) is 2. The molecule has 0 unspecified atom stereocenters. The molecule has 1 aliphatic rings. The lowest BCUT2D eigenvalue weighted by atomic mass is 10.0. The number of carboxylic acids is 1. The van der Waals surface area contributed by atoms with Gasteiger partial charge in [-0.15, -0.1) is 0 Å². The fraction of sp³-hybridized carbons (Fsp3) is 0.229. The molecule has 1 saturated heterocycles. The highest BCUT2D eigenvalue weighted by atomic mass is 16.5. The fourth-order valence-corrected chi connectivity index (χ4v) is 5.19. The summed E-state index contributed by atoms with van der Waals surface area (Å²) in [7, 11) is 0. The molecule has 43 heavy (non-hydrogen) atoms. The van der Waals surface area contributed by atoms with Crippen molar-refractivity contribution in [3.8, 4) is 11.1 Å². The van der Waals surface area contributed by atoms with E-state index in [1.807, 2.05) is 78.9 Å². The minimum atomic E-state index is -0.957. The van der Waals surface area contributed by atoms with E-state index in [0.717, 1.165) is 46.7 Å². The van der Waals surface area contributed by atoms with Crippen LogP contribution in [0.25, 0.3) is 11.1 Å². The van der Waals surface area contributed by atoms with Crippen molar-refractivity contribution in [3.05, 3.63) is 120 Å². The van der Waals surface area contributed by atoms with Gasteiger partial charge in [-0.25, -0.2) is 0 Å². The number of nitrogens with zero attached hydrogens (tertiary/aromatic N) is 2. The van der Waals surface area contributed by atoms with Crippen LogP contribution in [-0.2, 0) is 27.3 Å². The lowest BCUT2D eigenvalue weighted by molar-refractivity contribution is -0.137. The summed E-state index contributed by atoms with van der Waals surface area (Å²) in [6.45, 7) is 3.08. The number of morpholine rings is 1. The van der Waals surface area contributed by atoms with Gasteiger partial charge in [0.25, 0.3) is 5.91 Å². The van der Waals surface area contributed by atoms with Gasteiger partial charge in [-0.05, 0) is 52.6 Å². The maximum atomic E-state index is 13.3. The molecule has 4 aromatic rings. The number of carbonyl (C=O) groups is 3. The lowest BCUT2D eigenvalue weighted by Gasteiger charge is -2.31. The van der Waals surface area contributed by atoms with E-state index >= 15 is 0 Å². The third-order valence-corrected chi connectivity index (χ3v) is 7.37. The predicted molar refractivity (Wildman–Crippen MR) is 167 cm³/mol. The molecule has 5 rings (SSSR count). The summed E-state index contributed by atoms with van der Waals surface area (Å²) in [5.41, 5.74) is 5.84. The number of carbonyl (C=O) groups excluding carboxylic acids is 2. The van der Waals surface area contributed by atoms with E-state index in [0.29, 0.717) is 18.8 Å². The van der Waals surface area contributed by atoms with Crippen molar-refractivity contribution in [2.45, 2.75) is 19.4 Å². The summed E-state index contributed by atoms with van der Waals surface area (Å²) in [4.78, 5) is 41.5. The second-order valence-corrected chi connectivity index (χ2v) is 10.5. The number of anilines is 2. The van der Waals surface area contributed by atoms with Gasteiger partial charge in [0.1, 0.15) is 0 Å². The molecule has 8 nitrogen and oxygen atoms in total. The summed E-state index contributed by atoms with van der Waals surface area (Å²) in [6.07, 6.45) is 0.123. The number of hydrogen-bond acceptors (Lipinski definition) is 5. The summed E-state index contributed by atoms with van der Waals surface area (Å²) < 4.78 is 5.54. The van der Waals surface area contributed by atoms with Crippen molar-refractivity contribution in [2.75, 3.05) is 43.1 Å². The molecular formula is C35H35N3O5. The molecular weight excluding hydrogens is 542 g/mol. The van der Waals surface area contributed by atoms with Crippen LogP contribution in [0.15, 0.2) is 103 Å². The van der Waals surface area contributed by atoms with Crippen LogP contribution >= 0.6 is 0 Å². The van der Waals surface area contributed by atoms with Gasteiger partial charge in [0.2, 0.25) is 5.91 Å². The molecule has 2 amide bonds. The van der Waals surface area contributed by atoms with E-state index in [4.69, 9.17) is 4.74 Å². The summed E-state index contributed by atoms with van der Waals surface area (Å²) in [6, 6.07) is 32.4. The van der Waals surface area contributed by atoms with Crippen LogP contribution in [0.4, 0.5) is 11.4 Å². The van der Waals surface area contributed by atoms with Crippen LogP contribution in [0.3, 0.4) is 0 Å². The largest absolute Gasteiger partial charge is 0.481 e. The Bertz CT molecular complexity index is 1550. The van der Waals surface area contributed by atoms with Crippen molar-refractivity contribution < 1.29 is 24.2 Å². The van der Waals surface area contributed by atoms with Gasteiger partial charge in [-0.2, -0.15) is 0 Å². The Morgan fingerprint density at radius 3 is 2.19 bits per heavy atom. The van der Waals surface area contributed by atoms with Crippen molar-refractivity contribution in [3.63, 3.8) is 0 Å². The smallest absolute Gasteiger partial charge is 0.305 e. The van der Waals surface area contributed by atoms with E-state index in [9.17, 15) is 19.5 Å². The second-order valence-electron chi connectivity index (χ2n) is 10.5. The van der Waals surface area contributed by atoms with E-state index in [-0.39, 0.29) is 37.7 Å². The van der Waals surface area contributed by atoms with E-state index in [1.165, 1.54) is 0 Å². The normalized spacial score (nSPS) is 12.9. The summed E-state index contributed by atoms with van der Waals surface area (Å²) >= 11 is 0. The Balaban J connectivity index is 1.40. The predicted octanol–water partition coefficient (Wildman–Crippen LogP) is 5.49. The number of nitrogens with one attached hydrogen (secondary N) is 1. The summed E-state index contributed by atoms with van der Waals surface area (Å²) in [5.74, 6) is -1.27. The highest BCUT2D eigenvalue weighted by molar-refractivity contribution is 5.97. The molecule has 2 N–H and O–H groups in total. The molecule has 0 atom stereocenters. The van der Waals surface area contributed by atoms with Gasteiger partial charge < -0.3 is 25.0 Å². The molecule has 220 valence electrons. The minimum Gasteiger partial charge on any atom is -0.481 e. The van der Waals surface area contributed by atoms with Crippen molar-refractivity contribution >= 4 is 29.2 Å². The Morgan fingerprint density at radius 2 is 1.47 bits per heavy atom. The zero-order chi connectivity index (χ0) is 30.0. The Morgan fingerprint density at radius 1 is 0.791 bits per heavy atom. The van der Waals surface area contributed by atoms with Crippen LogP contribution < -0.4 is 10.2 Å². The molecule has 1 fully saturated rings. The average molecular weight is 578 g/mol. The quantitative estimate of drug-likeness (QED) is 0.245. The van der Waals surface area contributed by atoms with Gasteiger partial charge in [0, 0.05) is 31.7 Å². The topological polar surface area (TPSA) is 99.2 Å². The highest BCUT2D eigenvalue weighted by Gasteiger charge is 2.19. The van der Waals surface area contributed by atoms with Crippen molar-refractivity contribution in [1.82, 2.24) is 4.90 Å². The first-order valence-electron chi connectivity index (χ1n) is 14.4. The SMILES string of the molecule is O=C(O)CCN(Cc1cccc(-c2ccc(N3CCOCC3)c(NC(=O)Cc3ccccc3)c2)c1)C(=O)c1ccccc1. The first-order valence-corrected chi connectivity index (χ1v) is 14.4. The third kappa shape index (κ3) is 8.08. The minimum absolute atomic E-state index is 0.0964. The number of aliphatic carboxylic acids is 1. The molecule has 0 aromatic heterocycles. The third-order valence-electron chi connectivity index (χ3n) is 7.37. The van der Waals surface area contributed by atoms with Crippen molar-refractivity contribution in [2.24, 2.45) is 0 Å². The van der Waals surface area contributed by atoms with Gasteiger partial charge in [0.15, 0.2) is 0 Å².